The maximum absolute atomic E-state index is 12.4. The lowest BCUT2D eigenvalue weighted by Crippen LogP contribution is -2.49. The maximum atomic E-state index is 12.4. The number of benzene rings is 1. The van der Waals surface area contributed by atoms with Gasteiger partial charge in [0.25, 0.3) is 0 Å². The van der Waals surface area contributed by atoms with Crippen molar-refractivity contribution in [3.05, 3.63) is 46.7 Å². The number of hydrogen-bond donors (Lipinski definition) is 2. The van der Waals surface area contributed by atoms with Gasteiger partial charge in [-0.05, 0) is 30.5 Å². The number of nitrogens with zero attached hydrogens (tertiary/aromatic N) is 2. The normalized spacial score (nSPS) is 16.6. The Kier molecular flexibility index (Phi) is 4.31. The van der Waals surface area contributed by atoms with E-state index in [1.165, 1.54) is 0 Å². The van der Waals surface area contributed by atoms with E-state index >= 15 is 0 Å². The fourth-order valence-electron chi connectivity index (χ4n) is 2.81. The fourth-order valence-corrected chi connectivity index (χ4v) is 3.07. The molecule has 5 nitrogen and oxygen atoms in total. The molecule has 0 unspecified atom stereocenters. The summed E-state index contributed by atoms with van der Waals surface area (Å²) in [6, 6.07) is 8.07. The van der Waals surface area contributed by atoms with Crippen molar-refractivity contribution in [3.8, 4) is 0 Å². The molecule has 1 aromatic heterocycles. The van der Waals surface area contributed by atoms with Gasteiger partial charge in [-0.15, -0.1) is 0 Å². The lowest BCUT2D eigenvalue weighted by atomic mass is 9.98. The van der Waals surface area contributed by atoms with Crippen LogP contribution in [0.1, 0.15) is 31.2 Å². The highest BCUT2D eigenvalue weighted by Crippen LogP contribution is 2.28. The van der Waals surface area contributed by atoms with Gasteiger partial charge in [0.2, 0.25) is 11.9 Å². The molecule has 1 saturated carbocycles. The summed E-state index contributed by atoms with van der Waals surface area (Å²) in [5.41, 5.74) is 6.58. The molecule has 1 amide bonds. The first-order valence-corrected chi connectivity index (χ1v) is 8.22. The number of carbonyl (C=O) groups is 1. The summed E-state index contributed by atoms with van der Waals surface area (Å²) in [4.78, 5) is 16.6. The molecule has 116 valence electrons. The Labute approximate surface area is 138 Å². The first kappa shape index (κ1) is 15.2. The van der Waals surface area contributed by atoms with Crippen LogP contribution in [0.25, 0.3) is 0 Å². The second kappa shape index (κ2) is 6.22. The molecule has 3 N–H and O–H groups in total. The zero-order valence-corrected chi connectivity index (χ0v) is 13.8. The Balaban J connectivity index is 1.72. The minimum Gasteiger partial charge on any atom is -0.317 e. The van der Waals surface area contributed by atoms with Crippen LogP contribution in [0.3, 0.4) is 0 Å². The van der Waals surface area contributed by atoms with Crippen molar-refractivity contribution < 1.29 is 4.79 Å². The van der Waals surface area contributed by atoms with Crippen LogP contribution in [-0.4, -0.2) is 21.0 Å². The molecular formula is C16H19BrN4O. The maximum Gasteiger partial charge on any atom is 0.246 e. The standard InChI is InChI=1S/C16H19BrN4O/c17-13-5-3-12(4-6-13)11-21-10-9-19-15(21)20-14(22)16(18)7-1-2-8-16/h3-6,9-10H,1-2,7-8,11,18H2,(H,19,20,22). The Hall–Kier alpha value is -1.66. The Morgan fingerprint density at radius 3 is 2.68 bits per heavy atom. The second-order valence-corrected chi connectivity index (χ2v) is 6.74. The summed E-state index contributed by atoms with van der Waals surface area (Å²) in [6.45, 7) is 0.653. The van der Waals surface area contributed by atoms with Crippen LogP contribution < -0.4 is 11.1 Å². The van der Waals surface area contributed by atoms with Gasteiger partial charge in [-0.1, -0.05) is 40.9 Å². The molecule has 0 atom stereocenters. The first-order valence-electron chi connectivity index (χ1n) is 7.43. The van der Waals surface area contributed by atoms with E-state index < -0.39 is 5.54 Å². The Morgan fingerprint density at radius 1 is 1.32 bits per heavy atom. The molecule has 0 bridgehead atoms. The summed E-state index contributed by atoms with van der Waals surface area (Å²) in [5, 5.41) is 2.88. The number of rotatable bonds is 4. The van der Waals surface area contributed by atoms with Gasteiger partial charge in [-0.25, -0.2) is 4.98 Å². The molecule has 1 heterocycles. The van der Waals surface area contributed by atoms with Crippen LogP contribution in [0.15, 0.2) is 41.1 Å². The lowest BCUT2D eigenvalue weighted by Gasteiger charge is -2.22. The number of anilines is 1. The highest BCUT2D eigenvalue weighted by atomic mass is 79.9. The number of nitrogens with one attached hydrogen (secondary N) is 1. The fraction of sp³-hybridized carbons (Fsp3) is 0.375. The predicted molar refractivity (Wildman–Crippen MR) is 89.5 cm³/mol. The molecule has 1 aromatic carbocycles. The molecule has 1 aliphatic carbocycles. The summed E-state index contributed by atoms with van der Waals surface area (Å²) in [5.74, 6) is 0.415. The molecule has 2 aromatic rings. The third kappa shape index (κ3) is 3.23. The summed E-state index contributed by atoms with van der Waals surface area (Å²) in [7, 11) is 0. The van der Waals surface area contributed by atoms with Crippen LogP contribution in [0, 0.1) is 0 Å². The third-order valence-electron chi connectivity index (χ3n) is 4.15. The monoisotopic (exact) mass is 362 g/mol. The number of amides is 1. The Morgan fingerprint density at radius 2 is 2.00 bits per heavy atom. The zero-order chi connectivity index (χ0) is 15.6. The molecule has 0 aliphatic heterocycles. The number of hydrogen-bond acceptors (Lipinski definition) is 3. The third-order valence-corrected chi connectivity index (χ3v) is 4.68. The van der Waals surface area contributed by atoms with Crippen molar-refractivity contribution in [2.24, 2.45) is 5.73 Å². The van der Waals surface area contributed by atoms with E-state index in [0.29, 0.717) is 12.5 Å². The van der Waals surface area contributed by atoms with E-state index in [1.807, 2.05) is 35.0 Å². The topological polar surface area (TPSA) is 72.9 Å². The highest BCUT2D eigenvalue weighted by Gasteiger charge is 2.37. The zero-order valence-electron chi connectivity index (χ0n) is 12.3. The summed E-state index contributed by atoms with van der Waals surface area (Å²) >= 11 is 3.42. The average Bonchev–Trinajstić information content (AvgIpc) is 3.12. The van der Waals surface area contributed by atoms with Crippen LogP contribution in [0.2, 0.25) is 0 Å². The molecule has 3 rings (SSSR count). The molecule has 22 heavy (non-hydrogen) atoms. The molecule has 0 saturated heterocycles. The van der Waals surface area contributed by atoms with Crippen LogP contribution in [0.5, 0.6) is 0 Å². The minimum atomic E-state index is -0.742. The largest absolute Gasteiger partial charge is 0.317 e. The summed E-state index contributed by atoms with van der Waals surface area (Å²) in [6.07, 6.45) is 7.05. The van der Waals surface area contributed by atoms with E-state index in [-0.39, 0.29) is 5.91 Å². The number of carbonyl (C=O) groups excluding carboxylic acids is 1. The number of imidazole rings is 1. The van der Waals surface area contributed by atoms with Gasteiger partial charge in [0.1, 0.15) is 0 Å². The predicted octanol–water partition coefficient (Wildman–Crippen LogP) is 2.90. The van der Waals surface area contributed by atoms with Crippen LogP contribution >= 0.6 is 15.9 Å². The number of nitrogens with two attached hydrogens (primary N) is 1. The van der Waals surface area contributed by atoms with Crippen molar-refractivity contribution in [3.63, 3.8) is 0 Å². The average molecular weight is 363 g/mol. The van der Waals surface area contributed by atoms with E-state index in [0.717, 1.165) is 35.7 Å². The molecule has 6 heteroatoms. The van der Waals surface area contributed by atoms with Crippen molar-refractivity contribution >= 4 is 27.8 Å². The second-order valence-electron chi connectivity index (χ2n) is 5.82. The number of aromatic nitrogens is 2. The highest BCUT2D eigenvalue weighted by molar-refractivity contribution is 9.10. The smallest absolute Gasteiger partial charge is 0.246 e. The van der Waals surface area contributed by atoms with E-state index in [4.69, 9.17) is 5.73 Å². The van der Waals surface area contributed by atoms with Gasteiger partial charge in [0.15, 0.2) is 0 Å². The van der Waals surface area contributed by atoms with Gasteiger partial charge >= 0.3 is 0 Å². The van der Waals surface area contributed by atoms with E-state index in [2.05, 4.69) is 26.2 Å². The van der Waals surface area contributed by atoms with Crippen LogP contribution in [0.4, 0.5) is 5.95 Å². The molecule has 0 radical (unpaired) electrons. The number of halogens is 1. The molecular weight excluding hydrogens is 344 g/mol. The SMILES string of the molecule is NC1(C(=O)Nc2nccn2Cc2ccc(Br)cc2)CCCC1. The van der Waals surface area contributed by atoms with Gasteiger partial charge < -0.3 is 10.3 Å². The van der Waals surface area contributed by atoms with Crippen molar-refractivity contribution in [2.75, 3.05) is 5.32 Å². The summed E-state index contributed by atoms with van der Waals surface area (Å²) < 4.78 is 2.96. The van der Waals surface area contributed by atoms with Gasteiger partial charge in [0, 0.05) is 16.9 Å². The van der Waals surface area contributed by atoms with Crippen molar-refractivity contribution in [2.45, 2.75) is 37.8 Å². The molecule has 0 spiro atoms. The van der Waals surface area contributed by atoms with Crippen molar-refractivity contribution in [1.29, 1.82) is 0 Å². The minimum absolute atomic E-state index is 0.131. The quantitative estimate of drug-likeness (QED) is 0.877. The molecule has 1 fully saturated rings. The van der Waals surface area contributed by atoms with Gasteiger partial charge in [0.05, 0.1) is 12.1 Å². The molecule has 1 aliphatic rings. The van der Waals surface area contributed by atoms with E-state index in [1.54, 1.807) is 6.20 Å². The van der Waals surface area contributed by atoms with Crippen molar-refractivity contribution in [1.82, 2.24) is 9.55 Å². The van der Waals surface area contributed by atoms with Gasteiger partial charge in [-0.2, -0.15) is 0 Å². The van der Waals surface area contributed by atoms with Gasteiger partial charge in [-0.3, -0.25) is 10.1 Å². The van der Waals surface area contributed by atoms with Crippen LogP contribution in [-0.2, 0) is 11.3 Å². The lowest BCUT2D eigenvalue weighted by molar-refractivity contribution is -0.121. The first-order chi connectivity index (χ1) is 10.6. The van der Waals surface area contributed by atoms with E-state index in [9.17, 15) is 4.79 Å². The Bertz CT molecular complexity index is 659.